The average molecular weight is 198 g/mol. The standard InChI is InChI=1S/C13H26O/c1-5-7-8-12(6-2)13(14)10-9-11(3)4/h8,11,13-14H,5-7,9-10H2,1-4H3. The van der Waals surface area contributed by atoms with Crippen molar-refractivity contribution < 1.29 is 5.11 Å². The Morgan fingerprint density at radius 2 is 1.86 bits per heavy atom. The van der Waals surface area contributed by atoms with E-state index in [-0.39, 0.29) is 6.10 Å². The molecule has 1 atom stereocenters. The van der Waals surface area contributed by atoms with Crippen molar-refractivity contribution in [2.24, 2.45) is 5.92 Å². The summed E-state index contributed by atoms with van der Waals surface area (Å²) in [7, 11) is 0. The van der Waals surface area contributed by atoms with Crippen LogP contribution in [-0.4, -0.2) is 11.2 Å². The zero-order valence-electron chi connectivity index (χ0n) is 10.2. The van der Waals surface area contributed by atoms with Gasteiger partial charge in [-0.15, -0.1) is 0 Å². The molecule has 0 fully saturated rings. The lowest BCUT2D eigenvalue weighted by atomic mass is 9.97. The summed E-state index contributed by atoms with van der Waals surface area (Å²) in [6.45, 7) is 8.70. The minimum atomic E-state index is -0.200. The third-order valence-corrected chi connectivity index (χ3v) is 2.55. The average Bonchev–Trinajstić information content (AvgIpc) is 2.16. The molecular weight excluding hydrogens is 172 g/mol. The molecule has 0 rings (SSSR count). The predicted octanol–water partition coefficient (Wildman–Crippen LogP) is 3.92. The number of hydrogen-bond acceptors (Lipinski definition) is 1. The summed E-state index contributed by atoms with van der Waals surface area (Å²) in [6.07, 6.45) is 7.30. The molecule has 0 bridgehead atoms. The first-order valence-electron chi connectivity index (χ1n) is 5.98. The molecule has 0 aliphatic heterocycles. The summed E-state index contributed by atoms with van der Waals surface area (Å²) < 4.78 is 0. The molecule has 1 nitrogen and oxygen atoms in total. The molecule has 0 saturated heterocycles. The molecule has 1 N–H and O–H groups in total. The highest BCUT2D eigenvalue weighted by molar-refractivity contribution is 5.07. The Morgan fingerprint density at radius 1 is 1.21 bits per heavy atom. The topological polar surface area (TPSA) is 20.2 Å². The first kappa shape index (κ1) is 13.7. The Morgan fingerprint density at radius 3 is 2.29 bits per heavy atom. The molecule has 0 radical (unpaired) electrons. The maximum Gasteiger partial charge on any atom is 0.0750 e. The van der Waals surface area contributed by atoms with Crippen LogP contribution in [0.15, 0.2) is 11.6 Å². The van der Waals surface area contributed by atoms with E-state index in [4.69, 9.17) is 0 Å². The first-order valence-corrected chi connectivity index (χ1v) is 5.98. The highest BCUT2D eigenvalue weighted by atomic mass is 16.3. The van der Waals surface area contributed by atoms with Gasteiger partial charge in [0, 0.05) is 0 Å². The molecule has 0 aliphatic carbocycles. The Labute approximate surface area is 89.2 Å². The van der Waals surface area contributed by atoms with E-state index < -0.39 is 0 Å². The van der Waals surface area contributed by atoms with Gasteiger partial charge in [-0.05, 0) is 37.2 Å². The van der Waals surface area contributed by atoms with E-state index >= 15 is 0 Å². The lowest BCUT2D eigenvalue weighted by Gasteiger charge is -2.15. The highest BCUT2D eigenvalue weighted by Gasteiger charge is 2.09. The number of rotatable bonds is 7. The second-order valence-electron chi connectivity index (χ2n) is 4.41. The minimum absolute atomic E-state index is 0.200. The Balaban J connectivity index is 3.97. The van der Waals surface area contributed by atoms with Gasteiger partial charge in [-0.3, -0.25) is 0 Å². The Hall–Kier alpha value is -0.300. The maximum absolute atomic E-state index is 9.92. The molecule has 0 heterocycles. The third-order valence-electron chi connectivity index (χ3n) is 2.55. The smallest absolute Gasteiger partial charge is 0.0750 e. The van der Waals surface area contributed by atoms with Gasteiger partial charge in [-0.2, -0.15) is 0 Å². The third kappa shape index (κ3) is 6.20. The van der Waals surface area contributed by atoms with Crippen LogP contribution in [0.2, 0.25) is 0 Å². The van der Waals surface area contributed by atoms with Gasteiger partial charge >= 0.3 is 0 Å². The van der Waals surface area contributed by atoms with Crippen LogP contribution < -0.4 is 0 Å². The minimum Gasteiger partial charge on any atom is -0.389 e. The van der Waals surface area contributed by atoms with Gasteiger partial charge < -0.3 is 5.11 Å². The number of unbranched alkanes of at least 4 members (excludes halogenated alkanes) is 1. The van der Waals surface area contributed by atoms with Crippen LogP contribution in [0.3, 0.4) is 0 Å². The van der Waals surface area contributed by atoms with Crippen molar-refractivity contribution in [2.75, 3.05) is 0 Å². The molecule has 0 aromatic carbocycles. The zero-order valence-corrected chi connectivity index (χ0v) is 10.2. The van der Waals surface area contributed by atoms with Gasteiger partial charge in [0.25, 0.3) is 0 Å². The van der Waals surface area contributed by atoms with Crippen LogP contribution in [0, 0.1) is 5.92 Å². The van der Waals surface area contributed by atoms with E-state index in [0.717, 1.165) is 25.7 Å². The molecule has 0 amide bonds. The van der Waals surface area contributed by atoms with E-state index in [2.05, 4.69) is 33.8 Å². The number of aliphatic hydroxyl groups is 1. The van der Waals surface area contributed by atoms with Gasteiger partial charge in [-0.25, -0.2) is 0 Å². The van der Waals surface area contributed by atoms with Crippen LogP contribution in [-0.2, 0) is 0 Å². The van der Waals surface area contributed by atoms with Gasteiger partial charge in [-0.1, -0.05) is 40.2 Å². The summed E-state index contributed by atoms with van der Waals surface area (Å²) in [5.41, 5.74) is 1.23. The fourth-order valence-corrected chi connectivity index (χ4v) is 1.52. The molecule has 0 aliphatic rings. The lowest BCUT2D eigenvalue weighted by molar-refractivity contribution is 0.187. The molecule has 0 spiro atoms. The van der Waals surface area contributed by atoms with Crippen LogP contribution in [0.4, 0.5) is 0 Å². The number of allylic oxidation sites excluding steroid dienone is 1. The van der Waals surface area contributed by atoms with Crippen molar-refractivity contribution in [3.63, 3.8) is 0 Å². The predicted molar refractivity (Wildman–Crippen MR) is 63.4 cm³/mol. The Bertz CT molecular complexity index is 159. The molecule has 84 valence electrons. The lowest BCUT2D eigenvalue weighted by Crippen LogP contribution is -2.11. The molecule has 0 aromatic rings. The molecule has 14 heavy (non-hydrogen) atoms. The molecule has 0 saturated carbocycles. The van der Waals surface area contributed by atoms with Crippen LogP contribution >= 0.6 is 0 Å². The zero-order chi connectivity index (χ0) is 11.0. The number of hydrogen-bond donors (Lipinski definition) is 1. The van der Waals surface area contributed by atoms with Crippen molar-refractivity contribution >= 4 is 0 Å². The van der Waals surface area contributed by atoms with E-state index in [1.54, 1.807) is 0 Å². The van der Waals surface area contributed by atoms with E-state index in [1.807, 2.05) is 0 Å². The SMILES string of the molecule is CCCC=C(CC)C(O)CCC(C)C. The van der Waals surface area contributed by atoms with Gasteiger partial charge in [0.2, 0.25) is 0 Å². The second kappa shape index (κ2) is 8.05. The maximum atomic E-state index is 9.92. The van der Waals surface area contributed by atoms with Gasteiger partial charge in [0.1, 0.15) is 0 Å². The summed E-state index contributed by atoms with van der Waals surface area (Å²) in [4.78, 5) is 0. The normalized spacial score (nSPS) is 14.9. The fourth-order valence-electron chi connectivity index (χ4n) is 1.52. The van der Waals surface area contributed by atoms with Crippen molar-refractivity contribution in [1.82, 2.24) is 0 Å². The van der Waals surface area contributed by atoms with E-state index in [1.165, 1.54) is 12.0 Å². The Kier molecular flexibility index (Phi) is 7.87. The van der Waals surface area contributed by atoms with Crippen LogP contribution in [0.5, 0.6) is 0 Å². The van der Waals surface area contributed by atoms with Gasteiger partial charge in [0.05, 0.1) is 6.10 Å². The second-order valence-corrected chi connectivity index (χ2v) is 4.41. The highest BCUT2D eigenvalue weighted by Crippen LogP contribution is 2.16. The largest absolute Gasteiger partial charge is 0.389 e. The van der Waals surface area contributed by atoms with Crippen molar-refractivity contribution in [3.05, 3.63) is 11.6 Å². The molecule has 0 aromatic heterocycles. The molecular formula is C13H26O. The summed E-state index contributed by atoms with van der Waals surface area (Å²) in [5.74, 6) is 0.689. The van der Waals surface area contributed by atoms with E-state index in [9.17, 15) is 5.11 Å². The quantitative estimate of drug-likeness (QED) is 0.615. The summed E-state index contributed by atoms with van der Waals surface area (Å²) in [5, 5.41) is 9.92. The van der Waals surface area contributed by atoms with E-state index in [0.29, 0.717) is 5.92 Å². The summed E-state index contributed by atoms with van der Waals surface area (Å²) in [6, 6.07) is 0. The fraction of sp³-hybridized carbons (Fsp3) is 0.846. The first-order chi connectivity index (χ1) is 6.61. The van der Waals surface area contributed by atoms with Crippen molar-refractivity contribution in [2.45, 2.75) is 65.9 Å². The van der Waals surface area contributed by atoms with Crippen molar-refractivity contribution in [3.8, 4) is 0 Å². The monoisotopic (exact) mass is 198 g/mol. The van der Waals surface area contributed by atoms with Crippen LogP contribution in [0.25, 0.3) is 0 Å². The van der Waals surface area contributed by atoms with Crippen LogP contribution in [0.1, 0.15) is 59.8 Å². The molecule has 1 unspecified atom stereocenters. The van der Waals surface area contributed by atoms with Gasteiger partial charge in [0.15, 0.2) is 0 Å². The van der Waals surface area contributed by atoms with Crippen molar-refractivity contribution in [1.29, 1.82) is 0 Å². The molecule has 1 heteroatoms. The summed E-state index contributed by atoms with van der Waals surface area (Å²) >= 11 is 0. The number of aliphatic hydroxyl groups excluding tert-OH is 1.